The molecular weight excluding hydrogens is 309 g/mol. The van der Waals surface area contributed by atoms with Crippen LogP contribution in [-0.4, -0.2) is 12.0 Å². The molecule has 0 heterocycles. The third-order valence-electron chi connectivity index (χ3n) is 2.53. The summed E-state index contributed by atoms with van der Waals surface area (Å²) in [6, 6.07) is 13.3. The Bertz CT molecular complexity index is 608. The van der Waals surface area contributed by atoms with Crippen molar-refractivity contribution in [3.63, 3.8) is 0 Å². The highest BCUT2D eigenvalue weighted by molar-refractivity contribution is 9.10. The summed E-state index contributed by atoms with van der Waals surface area (Å²) in [4.78, 5) is 15.8. The molecule has 4 heteroatoms. The van der Waals surface area contributed by atoms with Crippen LogP contribution in [0.2, 0.25) is 0 Å². The molecule has 19 heavy (non-hydrogen) atoms. The second-order valence-electron chi connectivity index (χ2n) is 3.90. The molecule has 0 radical (unpaired) electrons. The van der Waals surface area contributed by atoms with E-state index in [0.717, 1.165) is 4.47 Å². The first-order valence-electron chi connectivity index (χ1n) is 5.72. The first-order valence-corrected chi connectivity index (χ1v) is 6.52. The minimum atomic E-state index is -0.394. The lowest BCUT2D eigenvalue weighted by molar-refractivity contribution is 0.100. The Kier molecular flexibility index (Phi) is 4.58. The number of Topliss-reactive ketones (excluding diaryl/α,β-unsaturated/α-hetero) is 1. The Morgan fingerprint density at radius 2 is 1.84 bits per heavy atom. The number of hydrogen-bond donors (Lipinski definition) is 0. The van der Waals surface area contributed by atoms with Gasteiger partial charge >= 0.3 is 0 Å². The fourth-order valence-electron chi connectivity index (χ4n) is 1.54. The number of aliphatic imine (C=N–C) groups is 1. The van der Waals surface area contributed by atoms with Crippen molar-refractivity contribution in [2.45, 2.75) is 6.42 Å². The maximum absolute atomic E-state index is 13.3. The SMILES string of the molecule is O=C(CC=Nc1ccccc1F)c1ccc(Br)cc1. The monoisotopic (exact) mass is 319 g/mol. The van der Waals surface area contributed by atoms with Crippen molar-refractivity contribution in [1.82, 2.24) is 0 Å². The lowest BCUT2D eigenvalue weighted by Crippen LogP contribution is -1.98. The van der Waals surface area contributed by atoms with Gasteiger partial charge in [0.1, 0.15) is 5.82 Å². The smallest absolute Gasteiger partial charge is 0.168 e. The highest BCUT2D eigenvalue weighted by Gasteiger charge is 2.03. The Morgan fingerprint density at radius 1 is 1.16 bits per heavy atom. The van der Waals surface area contributed by atoms with E-state index in [1.165, 1.54) is 12.3 Å². The molecule has 0 atom stereocenters. The highest BCUT2D eigenvalue weighted by Crippen LogP contribution is 2.16. The van der Waals surface area contributed by atoms with E-state index in [2.05, 4.69) is 20.9 Å². The Labute approximate surface area is 119 Å². The molecule has 0 N–H and O–H groups in total. The first-order chi connectivity index (χ1) is 9.16. The number of halogens is 2. The topological polar surface area (TPSA) is 29.4 Å². The van der Waals surface area contributed by atoms with E-state index in [9.17, 15) is 9.18 Å². The van der Waals surface area contributed by atoms with Crippen LogP contribution in [0.1, 0.15) is 16.8 Å². The Balaban J connectivity index is 2.01. The lowest BCUT2D eigenvalue weighted by Gasteiger charge is -1.98. The zero-order valence-corrected chi connectivity index (χ0v) is 11.6. The maximum Gasteiger partial charge on any atom is 0.168 e. The van der Waals surface area contributed by atoms with Crippen molar-refractivity contribution in [3.8, 4) is 0 Å². The van der Waals surface area contributed by atoms with Gasteiger partial charge in [-0.25, -0.2) is 4.39 Å². The molecule has 2 rings (SSSR count). The van der Waals surface area contributed by atoms with Crippen LogP contribution in [0.15, 0.2) is 58.0 Å². The summed E-state index contributed by atoms with van der Waals surface area (Å²) >= 11 is 3.31. The van der Waals surface area contributed by atoms with Crippen LogP contribution in [0.4, 0.5) is 10.1 Å². The normalized spacial score (nSPS) is 10.8. The van der Waals surface area contributed by atoms with Crippen LogP contribution in [0.3, 0.4) is 0 Å². The highest BCUT2D eigenvalue weighted by atomic mass is 79.9. The fraction of sp³-hybridized carbons (Fsp3) is 0.0667. The molecular formula is C15H11BrFNO. The second-order valence-corrected chi connectivity index (χ2v) is 4.81. The molecule has 0 aromatic heterocycles. The van der Waals surface area contributed by atoms with Crippen molar-refractivity contribution in [1.29, 1.82) is 0 Å². The number of para-hydroxylation sites is 1. The molecule has 0 saturated heterocycles. The van der Waals surface area contributed by atoms with Gasteiger partial charge in [-0.2, -0.15) is 0 Å². The molecule has 0 aliphatic carbocycles. The summed E-state index contributed by atoms with van der Waals surface area (Å²) in [7, 11) is 0. The number of benzene rings is 2. The van der Waals surface area contributed by atoms with E-state index < -0.39 is 5.82 Å². The van der Waals surface area contributed by atoms with Gasteiger partial charge in [-0.05, 0) is 24.3 Å². The summed E-state index contributed by atoms with van der Waals surface area (Å²) < 4.78 is 14.2. The number of rotatable bonds is 4. The van der Waals surface area contributed by atoms with Crippen molar-refractivity contribution in [3.05, 3.63) is 64.4 Å². The summed E-state index contributed by atoms with van der Waals surface area (Å²) in [5.74, 6) is -0.442. The summed E-state index contributed by atoms with van der Waals surface area (Å²) in [6.07, 6.45) is 1.58. The predicted molar refractivity (Wildman–Crippen MR) is 77.6 cm³/mol. The van der Waals surface area contributed by atoms with Crippen LogP contribution < -0.4 is 0 Å². The molecule has 0 saturated carbocycles. The quantitative estimate of drug-likeness (QED) is 0.600. The van der Waals surface area contributed by atoms with Gasteiger partial charge in [0.15, 0.2) is 5.78 Å². The van der Waals surface area contributed by atoms with Crippen LogP contribution in [0, 0.1) is 5.82 Å². The molecule has 0 aliphatic heterocycles. The molecule has 0 bridgehead atoms. The Hall–Kier alpha value is -1.81. The molecule has 0 aliphatic rings. The molecule has 0 spiro atoms. The van der Waals surface area contributed by atoms with Gasteiger partial charge in [0.25, 0.3) is 0 Å². The molecule has 0 amide bonds. The standard InChI is InChI=1S/C15H11BrFNO/c16-12-7-5-11(6-8-12)15(19)9-10-18-14-4-2-1-3-13(14)17/h1-8,10H,9H2. The van der Waals surface area contributed by atoms with Crippen LogP contribution in [0.5, 0.6) is 0 Å². The summed E-state index contributed by atoms with van der Waals surface area (Å²) in [6.45, 7) is 0. The first kappa shape index (κ1) is 13.6. The van der Waals surface area contributed by atoms with Crippen molar-refractivity contribution in [2.75, 3.05) is 0 Å². The average molecular weight is 320 g/mol. The molecule has 2 nitrogen and oxygen atoms in total. The predicted octanol–water partition coefficient (Wildman–Crippen LogP) is 4.56. The summed E-state index contributed by atoms with van der Waals surface area (Å²) in [5, 5.41) is 0. The second kappa shape index (κ2) is 6.38. The zero-order chi connectivity index (χ0) is 13.7. The zero-order valence-electron chi connectivity index (χ0n) is 10.0. The largest absolute Gasteiger partial charge is 0.294 e. The van der Waals surface area contributed by atoms with Gasteiger partial charge in [-0.15, -0.1) is 0 Å². The van der Waals surface area contributed by atoms with E-state index in [-0.39, 0.29) is 17.9 Å². The average Bonchev–Trinajstić information content (AvgIpc) is 2.41. The number of nitrogens with zero attached hydrogens (tertiary/aromatic N) is 1. The van der Waals surface area contributed by atoms with Gasteiger partial charge in [-0.1, -0.05) is 40.2 Å². The number of hydrogen-bond acceptors (Lipinski definition) is 2. The summed E-state index contributed by atoms with van der Waals surface area (Å²) in [5.41, 5.74) is 0.856. The molecule has 0 fully saturated rings. The van der Waals surface area contributed by atoms with Gasteiger partial charge in [0, 0.05) is 22.7 Å². The van der Waals surface area contributed by atoms with E-state index >= 15 is 0 Å². The van der Waals surface area contributed by atoms with Gasteiger partial charge < -0.3 is 0 Å². The van der Waals surface area contributed by atoms with Gasteiger partial charge in [0.05, 0.1) is 5.69 Å². The number of carbonyl (C=O) groups excluding carboxylic acids is 1. The lowest BCUT2D eigenvalue weighted by atomic mass is 10.1. The molecule has 0 unspecified atom stereocenters. The minimum Gasteiger partial charge on any atom is -0.294 e. The van der Waals surface area contributed by atoms with E-state index in [0.29, 0.717) is 5.56 Å². The van der Waals surface area contributed by atoms with Crippen LogP contribution in [-0.2, 0) is 0 Å². The minimum absolute atomic E-state index is 0.0485. The third kappa shape index (κ3) is 3.83. The van der Waals surface area contributed by atoms with Crippen molar-refractivity contribution in [2.24, 2.45) is 4.99 Å². The molecule has 2 aromatic rings. The maximum atomic E-state index is 13.3. The number of carbonyl (C=O) groups is 1. The van der Waals surface area contributed by atoms with Crippen molar-refractivity contribution < 1.29 is 9.18 Å². The van der Waals surface area contributed by atoms with E-state index in [4.69, 9.17) is 0 Å². The van der Waals surface area contributed by atoms with Crippen molar-refractivity contribution >= 4 is 33.6 Å². The van der Waals surface area contributed by atoms with Crippen LogP contribution >= 0.6 is 15.9 Å². The Morgan fingerprint density at radius 3 is 2.53 bits per heavy atom. The van der Waals surface area contributed by atoms with Crippen LogP contribution in [0.25, 0.3) is 0 Å². The van der Waals surface area contributed by atoms with E-state index in [1.54, 1.807) is 42.5 Å². The van der Waals surface area contributed by atoms with Gasteiger partial charge in [-0.3, -0.25) is 9.79 Å². The third-order valence-corrected chi connectivity index (χ3v) is 3.05. The molecule has 2 aromatic carbocycles. The van der Waals surface area contributed by atoms with E-state index in [1.807, 2.05) is 0 Å². The van der Waals surface area contributed by atoms with Gasteiger partial charge in [0.2, 0.25) is 0 Å². The number of ketones is 1. The fourth-order valence-corrected chi connectivity index (χ4v) is 1.80. The molecule has 96 valence electrons.